The lowest BCUT2D eigenvalue weighted by atomic mass is 10.1. The Morgan fingerprint density at radius 3 is 3.22 bits per heavy atom. The largest absolute Gasteiger partial charge is 0.491 e. The third kappa shape index (κ3) is 2.19. The Morgan fingerprint density at radius 2 is 2.44 bits per heavy atom. The molecule has 0 aliphatic carbocycles. The number of nitrogens with two attached hydrogens (primary N) is 1. The van der Waals surface area contributed by atoms with Crippen LogP contribution in [0.1, 0.15) is 21.5 Å². The van der Waals surface area contributed by atoms with Gasteiger partial charge in [0.15, 0.2) is 0 Å². The van der Waals surface area contributed by atoms with Crippen molar-refractivity contribution in [2.24, 2.45) is 5.73 Å². The molecule has 2 aromatic rings. The fourth-order valence-corrected chi connectivity index (χ4v) is 2.64. The lowest BCUT2D eigenvalue weighted by Gasteiger charge is -2.06. The molecule has 0 spiro atoms. The van der Waals surface area contributed by atoms with E-state index < -0.39 is 0 Å². The van der Waals surface area contributed by atoms with Crippen LogP contribution in [0.2, 0.25) is 0 Å². The van der Waals surface area contributed by atoms with Gasteiger partial charge in [0.05, 0.1) is 15.9 Å². The maximum absolute atomic E-state index is 5.89. The van der Waals surface area contributed by atoms with Crippen LogP contribution in [-0.4, -0.2) is 11.6 Å². The monoisotopic (exact) mass is 262 g/mol. The van der Waals surface area contributed by atoms with Crippen LogP contribution >= 0.6 is 11.3 Å². The minimum absolute atomic E-state index is 0.0156. The number of hydrogen-bond donors (Lipinski definition) is 1. The first-order valence-electron chi connectivity index (χ1n) is 5.79. The van der Waals surface area contributed by atoms with Crippen LogP contribution in [0.3, 0.4) is 0 Å². The van der Waals surface area contributed by atoms with Gasteiger partial charge in [-0.1, -0.05) is 0 Å². The van der Waals surface area contributed by atoms with Gasteiger partial charge in [-0.2, -0.15) is 0 Å². The van der Waals surface area contributed by atoms with E-state index in [1.807, 2.05) is 31.3 Å². The molecule has 1 aliphatic heterocycles. The standard InChI is InChI=1S/C13H14N2O2S/c1-8-15-5-10(18-8)6-16-9-2-3-11-12(14)7-17-13(11)4-9/h2-5,12H,6-7,14H2,1H3. The van der Waals surface area contributed by atoms with Gasteiger partial charge in [-0.25, -0.2) is 4.98 Å². The molecule has 18 heavy (non-hydrogen) atoms. The van der Waals surface area contributed by atoms with E-state index in [-0.39, 0.29) is 6.04 Å². The molecule has 2 N–H and O–H groups in total. The van der Waals surface area contributed by atoms with Crippen molar-refractivity contribution in [3.8, 4) is 11.5 Å². The quantitative estimate of drug-likeness (QED) is 0.923. The minimum atomic E-state index is -0.0156. The topological polar surface area (TPSA) is 57.4 Å². The summed E-state index contributed by atoms with van der Waals surface area (Å²) in [4.78, 5) is 5.31. The molecule has 0 radical (unpaired) electrons. The van der Waals surface area contributed by atoms with E-state index in [0.717, 1.165) is 26.9 Å². The van der Waals surface area contributed by atoms with Crippen LogP contribution in [0.5, 0.6) is 11.5 Å². The van der Waals surface area contributed by atoms with E-state index in [9.17, 15) is 0 Å². The molecular weight excluding hydrogens is 248 g/mol. The molecule has 0 bridgehead atoms. The van der Waals surface area contributed by atoms with Gasteiger partial charge in [0.2, 0.25) is 0 Å². The summed E-state index contributed by atoms with van der Waals surface area (Å²) in [7, 11) is 0. The van der Waals surface area contributed by atoms with Gasteiger partial charge in [-0.3, -0.25) is 0 Å². The summed E-state index contributed by atoms with van der Waals surface area (Å²) < 4.78 is 11.2. The second-order valence-corrected chi connectivity index (χ2v) is 5.57. The summed E-state index contributed by atoms with van der Waals surface area (Å²) in [5.74, 6) is 1.63. The number of aryl methyl sites for hydroxylation is 1. The van der Waals surface area contributed by atoms with Gasteiger partial charge in [0.25, 0.3) is 0 Å². The van der Waals surface area contributed by atoms with Gasteiger partial charge in [0.1, 0.15) is 24.7 Å². The zero-order valence-electron chi connectivity index (χ0n) is 10.1. The smallest absolute Gasteiger partial charge is 0.127 e. The second-order valence-electron chi connectivity index (χ2n) is 4.25. The summed E-state index contributed by atoms with van der Waals surface area (Å²) in [6.07, 6.45) is 1.85. The number of hydrogen-bond acceptors (Lipinski definition) is 5. The Hall–Kier alpha value is -1.59. The van der Waals surface area contributed by atoms with Crippen LogP contribution in [-0.2, 0) is 6.61 Å². The molecule has 1 aromatic heterocycles. The number of ether oxygens (including phenoxy) is 2. The lowest BCUT2D eigenvalue weighted by Crippen LogP contribution is -2.10. The Bertz CT molecular complexity index is 568. The molecule has 5 heteroatoms. The van der Waals surface area contributed by atoms with Crippen molar-refractivity contribution in [3.05, 3.63) is 39.8 Å². The molecule has 94 valence electrons. The molecule has 0 saturated carbocycles. The predicted octanol–water partition coefficient (Wildman–Crippen LogP) is 2.42. The Balaban J connectivity index is 1.70. The van der Waals surface area contributed by atoms with Crippen LogP contribution < -0.4 is 15.2 Å². The van der Waals surface area contributed by atoms with Crippen molar-refractivity contribution < 1.29 is 9.47 Å². The van der Waals surface area contributed by atoms with Gasteiger partial charge >= 0.3 is 0 Å². The summed E-state index contributed by atoms with van der Waals surface area (Å²) in [5.41, 5.74) is 6.94. The molecule has 0 saturated heterocycles. The molecule has 2 heterocycles. The fraction of sp³-hybridized carbons (Fsp3) is 0.308. The number of benzene rings is 1. The summed E-state index contributed by atoms with van der Waals surface area (Å²) >= 11 is 1.65. The molecule has 1 aromatic carbocycles. The number of fused-ring (bicyclic) bond motifs is 1. The summed E-state index contributed by atoms with van der Waals surface area (Å²) in [6, 6.07) is 5.79. The fourth-order valence-electron chi connectivity index (χ4n) is 1.93. The first-order chi connectivity index (χ1) is 8.72. The minimum Gasteiger partial charge on any atom is -0.491 e. The van der Waals surface area contributed by atoms with Crippen molar-refractivity contribution in [1.82, 2.24) is 4.98 Å². The van der Waals surface area contributed by atoms with E-state index in [4.69, 9.17) is 15.2 Å². The van der Waals surface area contributed by atoms with Gasteiger partial charge in [0, 0.05) is 17.8 Å². The number of aromatic nitrogens is 1. The van der Waals surface area contributed by atoms with Crippen LogP contribution in [0.4, 0.5) is 0 Å². The second kappa shape index (κ2) is 4.59. The molecule has 1 aliphatic rings. The average molecular weight is 262 g/mol. The van der Waals surface area contributed by atoms with E-state index in [1.165, 1.54) is 0 Å². The van der Waals surface area contributed by atoms with E-state index >= 15 is 0 Å². The number of thiazole rings is 1. The van der Waals surface area contributed by atoms with Gasteiger partial charge in [-0.05, 0) is 19.1 Å². The van der Waals surface area contributed by atoms with Crippen LogP contribution in [0, 0.1) is 6.92 Å². The third-order valence-electron chi connectivity index (χ3n) is 2.85. The highest BCUT2D eigenvalue weighted by Gasteiger charge is 2.20. The molecule has 0 amide bonds. The first-order valence-corrected chi connectivity index (χ1v) is 6.60. The van der Waals surface area contributed by atoms with Crippen LogP contribution in [0.25, 0.3) is 0 Å². The SMILES string of the molecule is Cc1ncc(COc2ccc3c(c2)OCC3N)s1. The van der Waals surface area contributed by atoms with Gasteiger partial charge < -0.3 is 15.2 Å². The molecule has 1 unspecified atom stereocenters. The Labute approximate surface area is 109 Å². The van der Waals surface area contributed by atoms with E-state index in [2.05, 4.69) is 4.98 Å². The average Bonchev–Trinajstić information content (AvgIpc) is 2.94. The molecular formula is C13H14N2O2S. The summed E-state index contributed by atoms with van der Waals surface area (Å²) in [6.45, 7) is 3.07. The van der Waals surface area contributed by atoms with Crippen molar-refractivity contribution in [1.29, 1.82) is 0 Å². The molecule has 1 atom stereocenters. The lowest BCUT2D eigenvalue weighted by molar-refractivity contribution is 0.303. The van der Waals surface area contributed by atoms with Gasteiger partial charge in [-0.15, -0.1) is 11.3 Å². The maximum Gasteiger partial charge on any atom is 0.127 e. The predicted molar refractivity (Wildman–Crippen MR) is 70.0 cm³/mol. The normalized spacial score (nSPS) is 17.3. The zero-order chi connectivity index (χ0) is 12.5. The zero-order valence-corrected chi connectivity index (χ0v) is 10.9. The van der Waals surface area contributed by atoms with Crippen molar-refractivity contribution in [2.45, 2.75) is 19.6 Å². The van der Waals surface area contributed by atoms with Crippen molar-refractivity contribution >= 4 is 11.3 Å². The third-order valence-corrected chi connectivity index (χ3v) is 3.74. The molecule has 0 fully saturated rings. The maximum atomic E-state index is 5.89. The van der Waals surface area contributed by atoms with E-state index in [0.29, 0.717) is 13.2 Å². The van der Waals surface area contributed by atoms with Crippen molar-refractivity contribution in [3.63, 3.8) is 0 Å². The first kappa shape index (κ1) is 11.5. The molecule has 3 rings (SSSR count). The van der Waals surface area contributed by atoms with E-state index in [1.54, 1.807) is 11.3 Å². The highest BCUT2D eigenvalue weighted by atomic mass is 32.1. The highest BCUT2D eigenvalue weighted by Crippen LogP contribution is 2.34. The van der Waals surface area contributed by atoms with Crippen molar-refractivity contribution in [2.75, 3.05) is 6.61 Å². The summed E-state index contributed by atoms with van der Waals surface area (Å²) in [5, 5.41) is 1.05. The number of rotatable bonds is 3. The Kier molecular flexibility index (Phi) is 2.93. The van der Waals surface area contributed by atoms with Crippen LogP contribution in [0.15, 0.2) is 24.4 Å². The highest BCUT2D eigenvalue weighted by molar-refractivity contribution is 7.11. The number of nitrogens with zero attached hydrogens (tertiary/aromatic N) is 1. The Morgan fingerprint density at radius 1 is 1.56 bits per heavy atom. The molecule has 4 nitrogen and oxygen atoms in total.